The third-order valence-corrected chi connectivity index (χ3v) is 4.94. The maximum absolute atomic E-state index is 12.3. The first-order valence-corrected chi connectivity index (χ1v) is 8.53. The number of nitrogens with two attached hydrogens (primary N) is 1. The van der Waals surface area contributed by atoms with Crippen molar-refractivity contribution in [3.05, 3.63) is 29.8 Å². The first kappa shape index (κ1) is 17.1. The van der Waals surface area contributed by atoms with Crippen molar-refractivity contribution in [3.63, 3.8) is 0 Å². The van der Waals surface area contributed by atoms with E-state index in [1.165, 1.54) is 0 Å². The van der Waals surface area contributed by atoms with Gasteiger partial charge in [-0.25, -0.2) is 8.42 Å². The first-order valence-electron chi connectivity index (χ1n) is 6.88. The van der Waals surface area contributed by atoms with Crippen LogP contribution in [0.15, 0.2) is 29.2 Å². The standard InChI is InChI=1S/C14H24N2O3S/c1-2-16(7-4-9-17)8-10-20(18,19)14-6-3-5-13(11-14)12-15/h3,5-6,11,17H,2,4,7-10,12,15H2,1H3. The summed E-state index contributed by atoms with van der Waals surface area (Å²) in [5, 5.41) is 8.82. The monoisotopic (exact) mass is 300 g/mol. The molecule has 0 saturated carbocycles. The molecular formula is C14H24N2O3S. The molecular weight excluding hydrogens is 276 g/mol. The highest BCUT2D eigenvalue weighted by molar-refractivity contribution is 7.91. The highest BCUT2D eigenvalue weighted by Crippen LogP contribution is 2.13. The van der Waals surface area contributed by atoms with Crippen LogP contribution in [0.2, 0.25) is 0 Å². The molecule has 0 aliphatic heterocycles. The van der Waals surface area contributed by atoms with Gasteiger partial charge in [-0.15, -0.1) is 0 Å². The molecule has 114 valence electrons. The minimum Gasteiger partial charge on any atom is -0.396 e. The number of nitrogens with zero attached hydrogens (tertiary/aromatic N) is 1. The van der Waals surface area contributed by atoms with E-state index >= 15 is 0 Å². The number of hydrogen-bond acceptors (Lipinski definition) is 5. The Morgan fingerprint density at radius 3 is 2.65 bits per heavy atom. The van der Waals surface area contributed by atoms with Crippen molar-refractivity contribution < 1.29 is 13.5 Å². The van der Waals surface area contributed by atoms with E-state index in [4.69, 9.17) is 10.8 Å². The number of hydrogen-bond donors (Lipinski definition) is 2. The molecule has 0 aliphatic rings. The van der Waals surface area contributed by atoms with Crippen molar-refractivity contribution in [2.75, 3.05) is 32.0 Å². The zero-order valence-electron chi connectivity index (χ0n) is 12.0. The molecule has 20 heavy (non-hydrogen) atoms. The summed E-state index contributed by atoms with van der Waals surface area (Å²) in [4.78, 5) is 2.36. The van der Waals surface area contributed by atoms with Gasteiger partial charge in [0.05, 0.1) is 10.6 Å². The summed E-state index contributed by atoms with van der Waals surface area (Å²) in [7, 11) is -3.28. The van der Waals surface area contributed by atoms with Gasteiger partial charge >= 0.3 is 0 Å². The molecule has 0 saturated heterocycles. The fourth-order valence-electron chi connectivity index (χ4n) is 1.96. The molecule has 0 aromatic heterocycles. The summed E-state index contributed by atoms with van der Waals surface area (Å²) in [5.74, 6) is 0.0836. The summed E-state index contributed by atoms with van der Waals surface area (Å²) in [6.07, 6.45) is 0.663. The van der Waals surface area contributed by atoms with Crippen LogP contribution >= 0.6 is 0 Å². The molecule has 0 heterocycles. The van der Waals surface area contributed by atoms with E-state index in [-0.39, 0.29) is 12.4 Å². The van der Waals surface area contributed by atoms with Crippen molar-refractivity contribution in [3.8, 4) is 0 Å². The summed E-state index contributed by atoms with van der Waals surface area (Å²) in [6, 6.07) is 6.79. The van der Waals surface area contributed by atoms with Crippen LogP contribution in [0.25, 0.3) is 0 Å². The van der Waals surface area contributed by atoms with E-state index < -0.39 is 9.84 Å². The van der Waals surface area contributed by atoms with Gasteiger partial charge in [-0.05, 0) is 30.7 Å². The van der Waals surface area contributed by atoms with Crippen molar-refractivity contribution in [1.82, 2.24) is 4.90 Å². The third kappa shape index (κ3) is 5.20. The maximum atomic E-state index is 12.3. The Balaban J connectivity index is 2.68. The lowest BCUT2D eigenvalue weighted by molar-refractivity contribution is 0.237. The van der Waals surface area contributed by atoms with Crippen LogP contribution in [-0.2, 0) is 16.4 Å². The minimum atomic E-state index is -3.28. The summed E-state index contributed by atoms with van der Waals surface area (Å²) >= 11 is 0. The Morgan fingerprint density at radius 2 is 2.05 bits per heavy atom. The van der Waals surface area contributed by atoms with E-state index in [9.17, 15) is 8.42 Å². The molecule has 0 unspecified atom stereocenters. The Labute approximate surface area is 121 Å². The first-order chi connectivity index (χ1) is 9.53. The zero-order valence-corrected chi connectivity index (χ0v) is 12.8. The van der Waals surface area contributed by atoms with Crippen molar-refractivity contribution in [2.45, 2.75) is 24.8 Å². The number of benzene rings is 1. The fraction of sp³-hybridized carbons (Fsp3) is 0.571. The molecule has 3 N–H and O–H groups in total. The zero-order chi connectivity index (χ0) is 15.0. The average Bonchev–Trinajstić information content (AvgIpc) is 2.47. The predicted molar refractivity (Wildman–Crippen MR) is 80.2 cm³/mol. The molecule has 1 aromatic rings. The molecule has 0 spiro atoms. The summed E-state index contributed by atoms with van der Waals surface area (Å²) < 4.78 is 24.6. The second kappa shape index (κ2) is 8.36. The van der Waals surface area contributed by atoms with Crippen LogP contribution in [0.3, 0.4) is 0 Å². The molecule has 1 aromatic carbocycles. The van der Waals surface area contributed by atoms with Gasteiger partial charge in [0, 0.05) is 26.2 Å². The highest BCUT2D eigenvalue weighted by Gasteiger charge is 2.16. The van der Waals surface area contributed by atoms with Gasteiger partial charge in [-0.2, -0.15) is 0 Å². The van der Waals surface area contributed by atoms with E-state index in [1.807, 2.05) is 17.9 Å². The van der Waals surface area contributed by atoms with Crippen molar-refractivity contribution in [1.29, 1.82) is 0 Å². The van der Waals surface area contributed by atoms with Crippen LogP contribution in [0.5, 0.6) is 0 Å². The van der Waals surface area contributed by atoms with Crippen LogP contribution in [0, 0.1) is 0 Å². The second-order valence-corrected chi connectivity index (χ2v) is 6.79. The minimum absolute atomic E-state index is 0.0836. The maximum Gasteiger partial charge on any atom is 0.179 e. The quantitative estimate of drug-likeness (QED) is 0.698. The van der Waals surface area contributed by atoms with Crippen LogP contribution in [0.1, 0.15) is 18.9 Å². The molecule has 0 bridgehead atoms. The van der Waals surface area contributed by atoms with Gasteiger partial charge in [-0.3, -0.25) is 0 Å². The fourth-order valence-corrected chi connectivity index (χ4v) is 3.31. The summed E-state index contributed by atoms with van der Waals surface area (Å²) in [6.45, 7) is 4.41. The SMILES string of the molecule is CCN(CCCO)CCS(=O)(=O)c1cccc(CN)c1. The number of rotatable bonds is 9. The van der Waals surface area contributed by atoms with E-state index in [1.54, 1.807) is 18.2 Å². The van der Waals surface area contributed by atoms with Gasteiger partial charge in [0.25, 0.3) is 0 Å². The second-order valence-electron chi connectivity index (χ2n) is 4.68. The van der Waals surface area contributed by atoms with Crippen molar-refractivity contribution >= 4 is 9.84 Å². The lowest BCUT2D eigenvalue weighted by Gasteiger charge is -2.19. The molecule has 5 nitrogen and oxygen atoms in total. The lowest BCUT2D eigenvalue weighted by Crippen LogP contribution is -2.30. The molecule has 0 fully saturated rings. The van der Waals surface area contributed by atoms with Gasteiger partial charge in [0.15, 0.2) is 9.84 Å². The van der Waals surface area contributed by atoms with E-state index in [2.05, 4.69) is 0 Å². The lowest BCUT2D eigenvalue weighted by atomic mass is 10.2. The summed E-state index contributed by atoms with van der Waals surface area (Å²) in [5.41, 5.74) is 6.35. The molecule has 0 aliphatic carbocycles. The van der Waals surface area contributed by atoms with Crippen LogP contribution in [-0.4, -0.2) is 50.4 Å². The molecule has 0 amide bonds. The Bertz CT molecular complexity index is 503. The number of aliphatic hydroxyl groups is 1. The highest BCUT2D eigenvalue weighted by atomic mass is 32.2. The van der Waals surface area contributed by atoms with Gasteiger partial charge in [0.2, 0.25) is 0 Å². The van der Waals surface area contributed by atoms with Crippen LogP contribution in [0.4, 0.5) is 0 Å². The Hall–Kier alpha value is -0.950. The normalized spacial score (nSPS) is 12.0. The Morgan fingerprint density at radius 1 is 1.30 bits per heavy atom. The topological polar surface area (TPSA) is 83.6 Å². The number of aliphatic hydroxyl groups excluding tert-OH is 1. The largest absolute Gasteiger partial charge is 0.396 e. The van der Waals surface area contributed by atoms with Gasteiger partial charge in [0.1, 0.15) is 0 Å². The number of sulfone groups is 1. The Kier molecular flexibility index (Phi) is 7.15. The van der Waals surface area contributed by atoms with Crippen LogP contribution < -0.4 is 5.73 Å². The predicted octanol–water partition coefficient (Wildman–Crippen LogP) is 0.623. The smallest absolute Gasteiger partial charge is 0.179 e. The average molecular weight is 300 g/mol. The molecule has 0 radical (unpaired) electrons. The molecule has 6 heteroatoms. The van der Waals surface area contributed by atoms with Gasteiger partial charge in [-0.1, -0.05) is 19.1 Å². The van der Waals surface area contributed by atoms with Crippen molar-refractivity contribution in [2.24, 2.45) is 5.73 Å². The van der Waals surface area contributed by atoms with Gasteiger partial charge < -0.3 is 15.7 Å². The molecule has 1 rings (SSSR count). The van der Waals surface area contributed by atoms with E-state index in [0.717, 1.165) is 12.1 Å². The third-order valence-electron chi connectivity index (χ3n) is 3.25. The molecule has 0 atom stereocenters. The van der Waals surface area contributed by atoms with E-state index in [0.29, 0.717) is 31.0 Å².